The minimum Gasteiger partial charge on any atom is -0.377 e. The van der Waals surface area contributed by atoms with Gasteiger partial charge in [0.2, 0.25) is 0 Å². The molecule has 15 heavy (non-hydrogen) atoms. The van der Waals surface area contributed by atoms with Gasteiger partial charge in [-0.1, -0.05) is 19.9 Å². The van der Waals surface area contributed by atoms with E-state index in [-0.39, 0.29) is 10.8 Å². The Hall–Kier alpha value is -0.0500. The normalized spacial score (nSPS) is 28.7. The quantitative estimate of drug-likeness (QED) is 0.734. The Labute approximate surface area is 100 Å². The minimum atomic E-state index is 0.150. The summed E-state index contributed by atoms with van der Waals surface area (Å²) in [6.45, 7) is 5.19. The van der Waals surface area contributed by atoms with E-state index in [2.05, 4.69) is 31.4 Å². The van der Waals surface area contributed by atoms with E-state index < -0.39 is 0 Å². The lowest BCUT2D eigenvalue weighted by atomic mass is 9.68. The van der Waals surface area contributed by atoms with Crippen molar-refractivity contribution in [1.82, 2.24) is 0 Å². The SMILES string of the molecule is CC1(C)C(Cl)CC1OCCc1cccs1. The van der Waals surface area contributed by atoms with Crippen molar-refractivity contribution in [2.45, 2.75) is 38.2 Å². The molecule has 1 aliphatic rings. The van der Waals surface area contributed by atoms with Gasteiger partial charge in [-0.25, -0.2) is 0 Å². The van der Waals surface area contributed by atoms with Gasteiger partial charge >= 0.3 is 0 Å². The van der Waals surface area contributed by atoms with E-state index in [0.29, 0.717) is 6.10 Å². The third kappa shape index (κ3) is 2.38. The van der Waals surface area contributed by atoms with Crippen molar-refractivity contribution < 1.29 is 4.74 Å². The number of rotatable bonds is 4. The Kier molecular flexibility index (Phi) is 3.39. The maximum absolute atomic E-state index is 6.14. The lowest BCUT2D eigenvalue weighted by molar-refractivity contribution is -0.0873. The highest BCUT2D eigenvalue weighted by Gasteiger charge is 2.47. The minimum absolute atomic E-state index is 0.150. The number of hydrogen-bond acceptors (Lipinski definition) is 2. The van der Waals surface area contributed by atoms with E-state index in [9.17, 15) is 0 Å². The van der Waals surface area contributed by atoms with Crippen LogP contribution in [0.2, 0.25) is 0 Å². The van der Waals surface area contributed by atoms with Crippen LogP contribution in [0, 0.1) is 5.41 Å². The number of thiophene rings is 1. The average molecular weight is 245 g/mol. The Morgan fingerprint density at radius 2 is 2.40 bits per heavy atom. The number of ether oxygens (including phenoxy) is 1. The van der Waals surface area contributed by atoms with E-state index in [4.69, 9.17) is 16.3 Å². The van der Waals surface area contributed by atoms with Crippen LogP contribution in [0.1, 0.15) is 25.1 Å². The summed E-state index contributed by atoms with van der Waals surface area (Å²) in [6, 6.07) is 4.24. The number of halogens is 1. The maximum atomic E-state index is 6.14. The lowest BCUT2D eigenvalue weighted by Gasteiger charge is -2.48. The Morgan fingerprint density at radius 3 is 2.93 bits per heavy atom. The molecule has 1 aromatic rings. The zero-order valence-corrected chi connectivity index (χ0v) is 10.8. The maximum Gasteiger partial charge on any atom is 0.0654 e. The van der Waals surface area contributed by atoms with Crippen LogP contribution in [0.3, 0.4) is 0 Å². The molecular formula is C12H17ClOS. The van der Waals surface area contributed by atoms with Crippen LogP contribution in [-0.4, -0.2) is 18.1 Å². The number of alkyl halides is 1. The van der Waals surface area contributed by atoms with E-state index in [1.807, 2.05) is 0 Å². The Balaban J connectivity index is 1.71. The highest BCUT2D eigenvalue weighted by molar-refractivity contribution is 7.09. The summed E-state index contributed by atoms with van der Waals surface area (Å²) >= 11 is 7.93. The molecule has 0 aliphatic heterocycles. The van der Waals surface area contributed by atoms with Crippen molar-refractivity contribution in [3.8, 4) is 0 Å². The highest BCUT2D eigenvalue weighted by Crippen LogP contribution is 2.46. The summed E-state index contributed by atoms with van der Waals surface area (Å²) < 4.78 is 5.86. The van der Waals surface area contributed by atoms with Gasteiger partial charge in [-0.05, 0) is 17.9 Å². The van der Waals surface area contributed by atoms with Gasteiger partial charge < -0.3 is 4.74 Å². The molecule has 1 aromatic heterocycles. The Morgan fingerprint density at radius 1 is 1.60 bits per heavy atom. The molecule has 84 valence electrons. The summed E-state index contributed by atoms with van der Waals surface area (Å²) in [6.07, 6.45) is 2.37. The zero-order chi connectivity index (χ0) is 10.9. The first-order valence-corrected chi connectivity index (χ1v) is 6.70. The predicted molar refractivity (Wildman–Crippen MR) is 65.8 cm³/mol. The van der Waals surface area contributed by atoms with Gasteiger partial charge in [0.05, 0.1) is 12.7 Å². The monoisotopic (exact) mass is 244 g/mol. The summed E-state index contributed by atoms with van der Waals surface area (Å²) in [7, 11) is 0. The molecule has 0 radical (unpaired) electrons. The van der Waals surface area contributed by atoms with Crippen molar-refractivity contribution in [3.63, 3.8) is 0 Å². The van der Waals surface area contributed by atoms with E-state index >= 15 is 0 Å². The molecule has 0 N–H and O–H groups in total. The van der Waals surface area contributed by atoms with Crippen molar-refractivity contribution in [2.24, 2.45) is 5.41 Å². The van der Waals surface area contributed by atoms with Crippen LogP contribution in [0.4, 0.5) is 0 Å². The van der Waals surface area contributed by atoms with Gasteiger partial charge in [0, 0.05) is 22.1 Å². The third-order valence-electron chi connectivity index (χ3n) is 3.31. The number of hydrogen-bond donors (Lipinski definition) is 0. The molecule has 1 saturated carbocycles. The summed E-state index contributed by atoms with van der Waals surface area (Å²) in [5.41, 5.74) is 0.150. The molecule has 0 saturated heterocycles. The third-order valence-corrected chi connectivity index (χ3v) is 4.98. The zero-order valence-electron chi connectivity index (χ0n) is 9.20. The fourth-order valence-electron chi connectivity index (χ4n) is 1.88. The van der Waals surface area contributed by atoms with Crippen molar-refractivity contribution in [2.75, 3.05) is 6.61 Å². The second-order valence-corrected chi connectivity index (χ2v) is 6.27. The fraction of sp³-hybridized carbons (Fsp3) is 0.667. The molecular weight excluding hydrogens is 228 g/mol. The molecule has 1 aliphatic carbocycles. The van der Waals surface area contributed by atoms with Gasteiger partial charge in [0.25, 0.3) is 0 Å². The molecule has 2 unspecified atom stereocenters. The van der Waals surface area contributed by atoms with Crippen LogP contribution in [0.5, 0.6) is 0 Å². The standard InChI is InChI=1S/C12H17ClOS/c1-12(2)10(13)8-11(12)14-6-5-9-4-3-7-15-9/h3-4,7,10-11H,5-6,8H2,1-2H3. The summed E-state index contributed by atoms with van der Waals surface area (Å²) in [5.74, 6) is 0. The second kappa shape index (κ2) is 4.44. The van der Waals surface area contributed by atoms with Crippen molar-refractivity contribution >= 4 is 22.9 Å². The van der Waals surface area contributed by atoms with Crippen molar-refractivity contribution in [1.29, 1.82) is 0 Å². The topological polar surface area (TPSA) is 9.23 Å². The van der Waals surface area contributed by atoms with Crippen LogP contribution in [0.15, 0.2) is 17.5 Å². The van der Waals surface area contributed by atoms with Gasteiger partial charge in [0.15, 0.2) is 0 Å². The summed E-state index contributed by atoms with van der Waals surface area (Å²) in [4.78, 5) is 1.40. The predicted octanol–water partition coefficient (Wildman–Crippen LogP) is 3.71. The largest absolute Gasteiger partial charge is 0.377 e. The molecule has 0 aromatic carbocycles. The molecule has 3 heteroatoms. The van der Waals surface area contributed by atoms with Crippen molar-refractivity contribution in [3.05, 3.63) is 22.4 Å². The average Bonchev–Trinajstić information content (AvgIpc) is 2.69. The van der Waals surface area contributed by atoms with E-state index in [1.165, 1.54) is 4.88 Å². The van der Waals surface area contributed by atoms with Crippen LogP contribution >= 0.6 is 22.9 Å². The van der Waals surface area contributed by atoms with E-state index in [0.717, 1.165) is 19.4 Å². The first-order valence-electron chi connectivity index (χ1n) is 5.39. The fourth-order valence-corrected chi connectivity index (χ4v) is 2.87. The molecule has 0 spiro atoms. The molecule has 0 amide bonds. The van der Waals surface area contributed by atoms with Gasteiger partial charge in [0.1, 0.15) is 0 Å². The van der Waals surface area contributed by atoms with E-state index in [1.54, 1.807) is 11.3 Å². The smallest absolute Gasteiger partial charge is 0.0654 e. The molecule has 2 rings (SSSR count). The lowest BCUT2D eigenvalue weighted by Crippen LogP contribution is -2.51. The molecule has 2 atom stereocenters. The van der Waals surface area contributed by atoms with Gasteiger partial charge in [-0.15, -0.1) is 22.9 Å². The molecule has 0 bridgehead atoms. The van der Waals surface area contributed by atoms with Crippen LogP contribution in [-0.2, 0) is 11.2 Å². The first kappa shape index (κ1) is 11.4. The van der Waals surface area contributed by atoms with Gasteiger partial charge in [-0.3, -0.25) is 0 Å². The van der Waals surface area contributed by atoms with Crippen LogP contribution in [0.25, 0.3) is 0 Å². The molecule has 1 heterocycles. The highest BCUT2D eigenvalue weighted by atomic mass is 35.5. The second-order valence-electron chi connectivity index (χ2n) is 4.71. The Bertz CT molecular complexity index is 307. The molecule has 1 nitrogen and oxygen atoms in total. The first-order chi connectivity index (χ1) is 7.10. The summed E-state index contributed by atoms with van der Waals surface area (Å²) in [5, 5.41) is 2.39. The van der Waals surface area contributed by atoms with Gasteiger partial charge in [-0.2, -0.15) is 0 Å². The van der Waals surface area contributed by atoms with Crippen LogP contribution < -0.4 is 0 Å². The molecule has 1 fully saturated rings.